The van der Waals surface area contributed by atoms with Gasteiger partial charge < -0.3 is 9.64 Å². The molecule has 0 aromatic carbocycles. The molecule has 0 radical (unpaired) electrons. The van der Waals surface area contributed by atoms with Crippen molar-refractivity contribution in [1.29, 1.82) is 0 Å². The number of ether oxygens (including phenoxy) is 1. The molecule has 1 aromatic heterocycles. The van der Waals surface area contributed by atoms with Crippen molar-refractivity contribution in [2.24, 2.45) is 0 Å². The van der Waals surface area contributed by atoms with Crippen LogP contribution in [0.4, 0.5) is 5.95 Å². The van der Waals surface area contributed by atoms with Gasteiger partial charge in [0.1, 0.15) is 12.1 Å². The lowest BCUT2D eigenvalue weighted by Gasteiger charge is -2.36. The van der Waals surface area contributed by atoms with Crippen molar-refractivity contribution < 1.29 is 9.53 Å². The molecule has 6 nitrogen and oxygen atoms in total. The summed E-state index contributed by atoms with van der Waals surface area (Å²) in [6.07, 6.45) is 4.36. The highest BCUT2D eigenvalue weighted by molar-refractivity contribution is 5.78. The van der Waals surface area contributed by atoms with Gasteiger partial charge in [0.05, 0.1) is 0 Å². The summed E-state index contributed by atoms with van der Waals surface area (Å²) >= 11 is 0. The maximum Gasteiger partial charge on any atom is 0.323 e. The summed E-state index contributed by atoms with van der Waals surface area (Å²) in [5, 5.41) is 0. The average Bonchev–Trinajstić information content (AvgIpc) is 2.79. The first-order valence-electron chi connectivity index (χ1n) is 6.70. The Balaban J connectivity index is 1.59. The fourth-order valence-electron chi connectivity index (χ4n) is 2.72. The SMILES string of the molecule is C[C@@H]1C[C@H](N2CCN(c3ncccn3)CC2)C(=O)O1. The van der Waals surface area contributed by atoms with Gasteiger partial charge in [-0.1, -0.05) is 0 Å². The van der Waals surface area contributed by atoms with E-state index in [1.807, 2.05) is 13.0 Å². The van der Waals surface area contributed by atoms with Crippen molar-refractivity contribution in [3.05, 3.63) is 18.5 Å². The minimum absolute atomic E-state index is 0.0491. The van der Waals surface area contributed by atoms with Gasteiger partial charge in [-0.25, -0.2) is 9.97 Å². The number of aromatic nitrogens is 2. The van der Waals surface area contributed by atoms with Crippen LogP contribution in [-0.4, -0.2) is 59.2 Å². The molecule has 0 aliphatic carbocycles. The minimum atomic E-state index is -0.0723. The number of piperazine rings is 1. The molecular formula is C13H18N4O2. The highest BCUT2D eigenvalue weighted by Gasteiger charge is 2.37. The zero-order valence-corrected chi connectivity index (χ0v) is 11.0. The minimum Gasteiger partial charge on any atom is -0.461 e. The molecular weight excluding hydrogens is 244 g/mol. The molecule has 19 heavy (non-hydrogen) atoms. The number of anilines is 1. The summed E-state index contributed by atoms with van der Waals surface area (Å²) < 4.78 is 5.22. The third kappa shape index (κ3) is 2.53. The van der Waals surface area contributed by atoms with E-state index < -0.39 is 0 Å². The average molecular weight is 262 g/mol. The number of esters is 1. The molecule has 0 amide bonds. The third-order valence-electron chi connectivity index (χ3n) is 3.73. The maximum absolute atomic E-state index is 11.7. The van der Waals surface area contributed by atoms with Crippen molar-refractivity contribution in [1.82, 2.24) is 14.9 Å². The van der Waals surface area contributed by atoms with Crippen molar-refractivity contribution in [3.63, 3.8) is 0 Å². The van der Waals surface area contributed by atoms with Crippen LogP contribution < -0.4 is 4.90 Å². The summed E-state index contributed by atoms with van der Waals surface area (Å²) in [6.45, 7) is 5.35. The molecule has 6 heteroatoms. The van der Waals surface area contributed by atoms with Crippen LogP contribution in [0.2, 0.25) is 0 Å². The fourth-order valence-corrected chi connectivity index (χ4v) is 2.72. The van der Waals surface area contributed by atoms with Gasteiger partial charge in [0, 0.05) is 45.0 Å². The van der Waals surface area contributed by atoms with Crippen molar-refractivity contribution in [3.8, 4) is 0 Å². The van der Waals surface area contributed by atoms with Crippen LogP contribution >= 0.6 is 0 Å². The van der Waals surface area contributed by atoms with Gasteiger partial charge in [-0.15, -0.1) is 0 Å². The zero-order valence-electron chi connectivity index (χ0n) is 11.0. The summed E-state index contributed by atoms with van der Waals surface area (Å²) in [5.74, 6) is 0.696. The molecule has 3 heterocycles. The molecule has 0 N–H and O–H groups in total. The van der Waals surface area contributed by atoms with Gasteiger partial charge in [-0.3, -0.25) is 9.69 Å². The van der Waals surface area contributed by atoms with E-state index in [2.05, 4.69) is 19.8 Å². The Morgan fingerprint density at radius 2 is 1.89 bits per heavy atom. The molecule has 3 rings (SSSR count). The quantitative estimate of drug-likeness (QED) is 0.715. The lowest BCUT2D eigenvalue weighted by atomic mass is 10.1. The molecule has 2 atom stereocenters. The third-order valence-corrected chi connectivity index (χ3v) is 3.73. The molecule has 0 unspecified atom stereocenters. The Hall–Kier alpha value is -1.69. The van der Waals surface area contributed by atoms with E-state index in [1.54, 1.807) is 12.4 Å². The maximum atomic E-state index is 11.7. The Morgan fingerprint density at radius 3 is 2.47 bits per heavy atom. The first-order valence-corrected chi connectivity index (χ1v) is 6.70. The Labute approximate surface area is 112 Å². The number of hydrogen-bond donors (Lipinski definition) is 0. The van der Waals surface area contributed by atoms with Crippen molar-refractivity contribution in [2.45, 2.75) is 25.5 Å². The number of rotatable bonds is 2. The van der Waals surface area contributed by atoms with E-state index in [0.717, 1.165) is 38.5 Å². The van der Waals surface area contributed by atoms with Gasteiger partial charge in [-0.05, 0) is 13.0 Å². The predicted octanol–water partition coefficient (Wildman–Crippen LogP) is 0.303. The second-order valence-electron chi connectivity index (χ2n) is 5.07. The largest absolute Gasteiger partial charge is 0.461 e. The van der Waals surface area contributed by atoms with Crippen LogP contribution in [0.3, 0.4) is 0 Å². The van der Waals surface area contributed by atoms with Crippen LogP contribution in [-0.2, 0) is 9.53 Å². The Kier molecular flexibility index (Phi) is 3.33. The number of carbonyl (C=O) groups excluding carboxylic acids is 1. The van der Waals surface area contributed by atoms with E-state index in [4.69, 9.17) is 4.74 Å². The molecule has 0 bridgehead atoms. The van der Waals surface area contributed by atoms with E-state index in [9.17, 15) is 4.79 Å². The highest BCUT2D eigenvalue weighted by atomic mass is 16.6. The molecule has 0 spiro atoms. The monoisotopic (exact) mass is 262 g/mol. The number of cyclic esters (lactones) is 1. The fraction of sp³-hybridized carbons (Fsp3) is 0.615. The molecule has 102 valence electrons. The lowest BCUT2D eigenvalue weighted by Crippen LogP contribution is -2.52. The first-order chi connectivity index (χ1) is 9.24. The van der Waals surface area contributed by atoms with Crippen LogP contribution in [0.15, 0.2) is 18.5 Å². The van der Waals surface area contributed by atoms with E-state index >= 15 is 0 Å². The number of hydrogen-bond acceptors (Lipinski definition) is 6. The Bertz CT molecular complexity index is 445. The van der Waals surface area contributed by atoms with Gasteiger partial charge >= 0.3 is 5.97 Å². The smallest absolute Gasteiger partial charge is 0.323 e. The second kappa shape index (κ2) is 5.13. The van der Waals surface area contributed by atoms with E-state index in [1.165, 1.54) is 0 Å². The topological polar surface area (TPSA) is 58.6 Å². The Morgan fingerprint density at radius 1 is 1.21 bits per heavy atom. The molecule has 2 aliphatic rings. The summed E-state index contributed by atoms with van der Waals surface area (Å²) in [4.78, 5) is 24.6. The number of nitrogens with zero attached hydrogens (tertiary/aromatic N) is 4. The van der Waals surface area contributed by atoms with Crippen molar-refractivity contribution >= 4 is 11.9 Å². The van der Waals surface area contributed by atoms with Crippen LogP contribution in [0.25, 0.3) is 0 Å². The van der Waals surface area contributed by atoms with E-state index in [-0.39, 0.29) is 18.1 Å². The molecule has 1 aromatic rings. The van der Waals surface area contributed by atoms with Gasteiger partial charge in [-0.2, -0.15) is 0 Å². The van der Waals surface area contributed by atoms with E-state index in [0.29, 0.717) is 0 Å². The summed E-state index contributed by atoms with van der Waals surface area (Å²) in [7, 11) is 0. The molecule has 0 saturated carbocycles. The summed E-state index contributed by atoms with van der Waals surface area (Å²) in [6, 6.07) is 1.75. The van der Waals surface area contributed by atoms with Gasteiger partial charge in [0.2, 0.25) is 5.95 Å². The molecule has 2 aliphatic heterocycles. The lowest BCUT2D eigenvalue weighted by molar-refractivity contribution is -0.144. The normalized spacial score (nSPS) is 28.5. The summed E-state index contributed by atoms with van der Waals surface area (Å²) in [5.41, 5.74) is 0. The predicted molar refractivity (Wildman–Crippen MR) is 69.8 cm³/mol. The van der Waals surface area contributed by atoms with Crippen LogP contribution in [0.1, 0.15) is 13.3 Å². The van der Waals surface area contributed by atoms with Crippen LogP contribution in [0.5, 0.6) is 0 Å². The van der Waals surface area contributed by atoms with Crippen LogP contribution in [0, 0.1) is 0 Å². The standard InChI is InChI=1S/C13H18N4O2/c1-10-9-11(12(18)19-10)16-5-7-17(8-6-16)13-14-3-2-4-15-13/h2-4,10-11H,5-9H2,1H3/t10-,11+/m1/s1. The molecule has 2 saturated heterocycles. The second-order valence-corrected chi connectivity index (χ2v) is 5.07. The first kappa shape index (κ1) is 12.3. The zero-order chi connectivity index (χ0) is 13.2. The highest BCUT2D eigenvalue weighted by Crippen LogP contribution is 2.21. The van der Waals surface area contributed by atoms with Gasteiger partial charge in [0.25, 0.3) is 0 Å². The van der Waals surface area contributed by atoms with Gasteiger partial charge in [0.15, 0.2) is 0 Å². The molecule has 2 fully saturated rings. The van der Waals surface area contributed by atoms with Crippen molar-refractivity contribution in [2.75, 3.05) is 31.1 Å². The number of carbonyl (C=O) groups is 1.